The molecule has 1 fully saturated rings. The Bertz CT molecular complexity index is 665. The lowest BCUT2D eigenvalue weighted by Gasteiger charge is -2.24. The Morgan fingerprint density at radius 1 is 1.39 bits per heavy atom. The van der Waals surface area contributed by atoms with Gasteiger partial charge in [0.05, 0.1) is 6.04 Å². The quantitative estimate of drug-likeness (QED) is 0.889. The van der Waals surface area contributed by atoms with Crippen LogP contribution in [0.4, 0.5) is 5.69 Å². The zero-order chi connectivity index (χ0) is 15.5. The number of nitrogens with two attached hydrogens (primary N) is 1. The molecule has 6 heteroatoms. The van der Waals surface area contributed by atoms with Gasteiger partial charge in [0, 0.05) is 12.6 Å². The summed E-state index contributed by atoms with van der Waals surface area (Å²) >= 11 is 0. The Morgan fingerprint density at radius 3 is 2.87 bits per heavy atom. The van der Waals surface area contributed by atoms with Crippen LogP contribution in [0.3, 0.4) is 0 Å². The molecule has 0 aliphatic heterocycles. The van der Waals surface area contributed by atoms with Gasteiger partial charge in [0.2, 0.25) is 5.91 Å². The number of amides is 1. The number of carbonyl (C=O) groups is 1. The second kappa shape index (κ2) is 7.79. The molecule has 1 saturated carbocycles. The highest BCUT2D eigenvalue weighted by Crippen LogP contribution is 2.27. The molecule has 1 aromatic heterocycles. The van der Waals surface area contributed by atoms with Gasteiger partial charge < -0.3 is 15.5 Å². The Labute approximate surface area is 142 Å². The second-order valence-electron chi connectivity index (χ2n) is 6.25. The van der Waals surface area contributed by atoms with E-state index in [2.05, 4.69) is 10.3 Å². The molecule has 2 aromatic rings. The molecule has 1 atom stereocenters. The van der Waals surface area contributed by atoms with Crippen molar-refractivity contribution >= 4 is 35.1 Å². The standard InChI is InChI=1S/C17H23N3O2.ClH/c1-11-19-15-10-13(7-8-16(15)22-11)20-17(21)14(18)9-12-5-3-2-4-6-12;/h7-8,10,12,14H,2-6,9,18H2,1H3,(H,20,21);1H. The first-order chi connectivity index (χ1) is 10.6. The lowest BCUT2D eigenvalue weighted by atomic mass is 9.85. The molecule has 1 aliphatic carbocycles. The van der Waals surface area contributed by atoms with Crippen LogP contribution in [-0.4, -0.2) is 16.9 Å². The number of carbonyl (C=O) groups excluding carboxylic acids is 1. The maximum atomic E-state index is 12.2. The summed E-state index contributed by atoms with van der Waals surface area (Å²) in [5.74, 6) is 1.09. The van der Waals surface area contributed by atoms with Gasteiger partial charge in [-0.25, -0.2) is 4.98 Å². The van der Waals surface area contributed by atoms with Gasteiger partial charge in [-0.15, -0.1) is 12.4 Å². The number of nitrogens with one attached hydrogen (secondary N) is 1. The van der Waals surface area contributed by atoms with E-state index >= 15 is 0 Å². The number of fused-ring (bicyclic) bond motifs is 1. The number of aromatic nitrogens is 1. The highest BCUT2D eigenvalue weighted by molar-refractivity contribution is 5.96. The van der Waals surface area contributed by atoms with Crippen molar-refractivity contribution in [1.82, 2.24) is 4.98 Å². The highest BCUT2D eigenvalue weighted by atomic mass is 35.5. The molecular formula is C17H24ClN3O2. The van der Waals surface area contributed by atoms with Crippen LogP contribution < -0.4 is 11.1 Å². The topological polar surface area (TPSA) is 81.2 Å². The van der Waals surface area contributed by atoms with Crippen LogP contribution in [0.2, 0.25) is 0 Å². The Hall–Kier alpha value is -1.59. The largest absolute Gasteiger partial charge is 0.441 e. The number of anilines is 1. The first kappa shape index (κ1) is 17.8. The summed E-state index contributed by atoms with van der Waals surface area (Å²) in [6.45, 7) is 1.80. The van der Waals surface area contributed by atoms with Crippen LogP contribution in [0.15, 0.2) is 22.6 Å². The van der Waals surface area contributed by atoms with Gasteiger partial charge in [-0.2, -0.15) is 0 Å². The van der Waals surface area contributed by atoms with E-state index in [1.165, 1.54) is 32.1 Å². The molecule has 3 rings (SSSR count). The molecule has 23 heavy (non-hydrogen) atoms. The summed E-state index contributed by atoms with van der Waals surface area (Å²) < 4.78 is 5.43. The third-order valence-corrected chi connectivity index (χ3v) is 4.41. The number of hydrogen-bond acceptors (Lipinski definition) is 4. The Morgan fingerprint density at radius 2 is 2.13 bits per heavy atom. The van der Waals surface area contributed by atoms with E-state index in [0.717, 1.165) is 17.5 Å². The van der Waals surface area contributed by atoms with E-state index in [4.69, 9.17) is 10.2 Å². The first-order valence-corrected chi connectivity index (χ1v) is 8.05. The van der Waals surface area contributed by atoms with Crippen LogP contribution in [0.5, 0.6) is 0 Å². The van der Waals surface area contributed by atoms with Crippen molar-refractivity contribution in [3.05, 3.63) is 24.1 Å². The first-order valence-electron chi connectivity index (χ1n) is 8.05. The average molecular weight is 338 g/mol. The van der Waals surface area contributed by atoms with E-state index in [-0.39, 0.29) is 18.3 Å². The van der Waals surface area contributed by atoms with Crippen molar-refractivity contribution in [3.8, 4) is 0 Å². The molecular weight excluding hydrogens is 314 g/mol. The van der Waals surface area contributed by atoms with Gasteiger partial charge in [0.15, 0.2) is 11.5 Å². The predicted octanol–water partition coefficient (Wildman–Crippen LogP) is 3.79. The highest BCUT2D eigenvalue weighted by Gasteiger charge is 2.21. The van der Waals surface area contributed by atoms with Crippen molar-refractivity contribution in [1.29, 1.82) is 0 Å². The van der Waals surface area contributed by atoms with Gasteiger partial charge in [0.1, 0.15) is 5.52 Å². The second-order valence-corrected chi connectivity index (χ2v) is 6.25. The summed E-state index contributed by atoms with van der Waals surface area (Å²) in [5.41, 5.74) is 8.25. The molecule has 5 nitrogen and oxygen atoms in total. The molecule has 126 valence electrons. The molecule has 1 heterocycles. The minimum atomic E-state index is -0.446. The number of hydrogen-bond donors (Lipinski definition) is 2. The fraction of sp³-hybridized carbons (Fsp3) is 0.529. The molecule has 0 bridgehead atoms. The zero-order valence-electron chi connectivity index (χ0n) is 13.4. The summed E-state index contributed by atoms with van der Waals surface area (Å²) in [6.07, 6.45) is 7.02. The van der Waals surface area contributed by atoms with E-state index in [9.17, 15) is 4.79 Å². The molecule has 3 N–H and O–H groups in total. The van der Waals surface area contributed by atoms with Crippen LogP contribution in [0.25, 0.3) is 11.1 Å². The van der Waals surface area contributed by atoms with Crippen LogP contribution >= 0.6 is 12.4 Å². The normalized spacial score (nSPS) is 16.8. The summed E-state index contributed by atoms with van der Waals surface area (Å²) in [7, 11) is 0. The van der Waals surface area contributed by atoms with Crippen molar-refractivity contribution in [3.63, 3.8) is 0 Å². The van der Waals surface area contributed by atoms with Crippen LogP contribution in [0.1, 0.15) is 44.4 Å². The van der Waals surface area contributed by atoms with Gasteiger partial charge in [-0.05, 0) is 30.5 Å². The number of rotatable bonds is 4. The van der Waals surface area contributed by atoms with Crippen molar-refractivity contribution in [2.75, 3.05) is 5.32 Å². The number of benzene rings is 1. The van der Waals surface area contributed by atoms with Crippen LogP contribution in [-0.2, 0) is 4.79 Å². The maximum absolute atomic E-state index is 12.2. The number of aryl methyl sites for hydroxylation is 1. The summed E-state index contributed by atoms with van der Waals surface area (Å²) in [6, 6.07) is 5.00. The van der Waals surface area contributed by atoms with E-state index in [0.29, 0.717) is 17.5 Å². The number of oxazole rings is 1. The molecule has 0 spiro atoms. The SMILES string of the molecule is Cc1nc2cc(NC(=O)C(N)CC3CCCCC3)ccc2o1.Cl. The third kappa shape index (κ3) is 4.45. The van der Waals surface area contributed by atoms with Gasteiger partial charge in [-0.3, -0.25) is 4.79 Å². The lowest BCUT2D eigenvalue weighted by Crippen LogP contribution is -2.37. The maximum Gasteiger partial charge on any atom is 0.241 e. The predicted molar refractivity (Wildman–Crippen MR) is 93.8 cm³/mol. The van der Waals surface area contributed by atoms with Crippen molar-refractivity contribution in [2.45, 2.75) is 51.5 Å². The number of halogens is 1. The molecule has 1 aliphatic rings. The van der Waals surface area contributed by atoms with E-state index in [1.54, 1.807) is 6.92 Å². The van der Waals surface area contributed by atoms with Gasteiger partial charge in [0.25, 0.3) is 0 Å². The molecule has 1 amide bonds. The molecule has 0 saturated heterocycles. The molecule has 1 aromatic carbocycles. The van der Waals surface area contributed by atoms with Crippen molar-refractivity contribution < 1.29 is 9.21 Å². The Balaban J connectivity index is 0.00000192. The van der Waals surface area contributed by atoms with Crippen LogP contribution in [0, 0.1) is 12.8 Å². The van der Waals surface area contributed by atoms with E-state index in [1.807, 2.05) is 18.2 Å². The van der Waals surface area contributed by atoms with Crippen molar-refractivity contribution in [2.24, 2.45) is 11.7 Å². The molecule has 0 radical (unpaired) electrons. The fourth-order valence-electron chi connectivity index (χ4n) is 3.24. The summed E-state index contributed by atoms with van der Waals surface area (Å²) in [4.78, 5) is 16.5. The minimum absolute atomic E-state index is 0. The zero-order valence-corrected chi connectivity index (χ0v) is 14.2. The van der Waals surface area contributed by atoms with E-state index < -0.39 is 6.04 Å². The smallest absolute Gasteiger partial charge is 0.241 e. The fourth-order valence-corrected chi connectivity index (χ4v) is 3.24. The van der Waals surface area contributed by atoms with Gasteiger partial charge >= 0.3 is 0 Å². The Kier molecular flexibility index (Phi) is 6.02. The number of nitrogens with zero attached hydrogens (tertiary/aromatic N) is 1. The summed E-state index contributed by atoms with van der Waals surface area (Å²) in [5, 5.41) is 2.89. The third-order valence-electron chi connectivity index (χ3n) is 4.41. The lowest BCUT2D eigenvalue weighted by molar-refractivity contribution is -0.117. The minimum Gasteiger partial charge on any atom is -0.441 e. The van der Waals surface area contributed by atoms with Gasteiger partial charge in [-0.1, -0.05) is 32.1 Å². The molecule has 1 unspecified atom stereocenters. The monoisotopic (exact) mass is 337 g/mol. The average Bonchev–Trinajstić information content (AvgIpc) is 2.87.